The van der Waals surface area contributed by atoms with Crippen molar-refractivity contribution in [1.29, 1.82) is 0 Å². The van der Waals surface area contributed by atoms with Crippen molar-refractivity contribution in [2.75, 3.05) is 11.9 Å². The molecular formula is C24H29Cl2N3O2. The van der Waals surface area contributed by atoms with E-state index in [0.29, 0.717) is 28.2 Å². The molecule has 166 valence electrons. The Labute approximate surface area is 194 Å². The summed E-state index contributed by atoms with van der Waals surface area (Å²) in [7, 11) is 0. The number of nitrogens with one attached hydrogen (secondary N) is 1. The molecule has 0 unspecified atom stereocenters. The molecule has 2 heterocycles. The molecule has 3 aromatic rings. The van der Waals surface area contributed by atoms with E-state index >= 15 is 0 Å². The summed E-state index contributed by atoms with van der Waals surface area (Å²) in [6.07, 6.45) is 7.92. The van der Waals surface area contributed by atoms with E-state index in [9.17, 15) is 0 Å². The van der Waals surface area contributed by atoms with Crippen molar-refractivity contribution in [3.63, 3.8) is 0 Å². The monoisotopic (exact) mass is 461 g/mol. The highest BCUT2D eigenvalue weighted by Gasteiger charge is 2.21. The van der Waals surface area contributed by atoms with E-state index in [4.69, 9.17) is 37.7 Å². The maximum absolute atomic E-state index is 6.40. The second-order valence-corrected chi connectivity index (χ2v) is 7.99. The third-order valence-electron chi connectivity index (χ3n) is 5.10. The Hall–Kier alpha value is -2.24. The molecule has 0 aliphatic heterocycles. The molecule has 1 aliphatic carbocycles. The number of aryl methyl sites for hydroxylation is 1. The van der Waals surface area contributed by atoms with Gasteiger partial charge in [-0.2, -0.15) is 0 Å². The number of rotatable bonds is 6. The molecule has 0 saturated heterocycles. The minimum Gasteiger partial charge on any atom is -0.488 e. The topological polar surface area (TPSA) is 56.3 Å². The summed E-state index contributed by atoms with van der Waals surface area (Å²) >= 11 is 12.6. The van der Waals surface area contributed by atoms with Crippen molar-refractivity contribution >= 4 is 45.5 Å². The number of benzene rings is 1. The third kappa shape index (κ3) is 5.34. The number of anilines is 2. The number of fused-ring (bicyclic) bond motifs is 1. The molecule has 0 spiro atoms. The van der Waals surface area contributed by atoms with E-state index in [2.05, 4.69) is 16.4 Å². The standard InChI is InChI=1S/C22H23Cl2N3O2.C2H6/c1-3-28-19-10-18(26-21-16(23)11-25-12-17(21)24)15-9-8-13(2)22(20(15)27-19)29-14-6-4-5-7-14;1-2/h8-12,14H,3-7H2,1-2H3,(H,25,26,27);1-2H3. The molecule has 0 bridgehead atoms. The van der Waals surface area contributed by atoms with Gasteiger partial charge in [-0.05, 0) is 45.1 Å². The van der Waals surface area contributed by atoms with E-state index in [0.717, 1.165) is 40.7 Å². The van der Waals surface area contributed by atoms with Crippen LogP contribution < -0.4 is 14.8 Å². The van der Waals surface area contributed by atoms with Crippen LogP contribution >= 0.6 is 23.2 Å². The van der Waals surface area contributed by atoms with E-state index in [1.165, 1.54) is 12.8 Å². The molecule has 1 aromatic carbocycles. The highest BCUT2D eigenvalue weighted by atomic mass is 35.5. The Balaban J connectivity index is 0.00000132. The van der Waals surface area contributed by atoms with Crippen molar-refractivity contribution in [2.24, 2.45) is 0 Å². The van der Waals surface area contributed by atoms with Crippen molar-refractivity contribution in [1.82, 2.24) is 9.97 Å². The SMILES string of the molecule is CC.CCOc1cc(Nc2c(Cl)cncc2Cl)c2ccc(C)c(OC3CCCC3)c2n1. The second-order valence-electron chi connectivity index (χ2n) is 7.18. The van der Waals surface area contributed by atoms with Crippen LogP contribution in [0.15, 0.2) is 30.6 Å². The average Bonchev–Trinajstić information content (AvgIpc) is 3.28. The molecule has 5 nitrogen and oxygen atoms in total. The maximum atomic E-state index is 6.40. The van der Waals surface area contributed by atoms with Crippen LogP contribution in [-0.4, -0.2) is 22.7 Å². The fourth-order valence-corrected chi connectivity index (χ4v) is 4.12. The van der Waals surface area contributed by atoms with Crippen LogP contribution in [-0.2, 0) is 0 Å². The zero-order chi connectivity index (χ0) is 22.4. The molecule has 7 heteroatoms. The zero-order valence-corrected chi connectivity index (χ0v) is 20.0. The first-order chi connectivity index (χ1) is 15.1. The van der Waals surface area contributed by atoms with Crippen molar-refractivity contribution in [3.05, 3.63) is 46.2 Å². The molecule has 31 heavy (non-hydrogen) atoms. The molecule has 2 aromatic heterocycles. The second kappa shape index (κ2) is 10.9. The number of pyridine rings is 2. The first-order valence-corrected chi connectivity index (χ1v) is 11.6. The summed E-state index contributed by atoms with van der Waals surface area (Å²) < 4.78 is 12.1. The van der Waals surface area contributed by atoms with E-state index in [-0.39, 0.29) is 6.10 Å². The minimum absolute atomic E-state index is 0.234. The largest absolute Gasteiger partial charge is 0.488 e. The van der Waals surface area contributed by atoms with Crippen LogP contribution in [0, 0.1) is 6.92 Å². The molecule has 0 amide bonds. The third-order valence-corrected chi connectivity index (χ3v) is 5.67. The minimum atomic E-state index is 0.234. The smallest absolute Gasteiger partial charge is 0.216 e. The van der Waals surface area contributed by atoms with Gasteiger partial charge in [0.1, 0.15) is 11.3 Å². The predicted molar refractivity (Wildman–Crippen MR) is 129 cm³/mol. The lowest BCUT2D eigenvalue weighted by Crippen LogP contribution is -2.12. The Kier molecular flexibility index (Phi) is 8.22. The first-order valence-electron chi connectivity index (χ1n) is 10.9. The van der Waals surface area contributed by atoms with Crippen molar-refractivity contribution in [2.45, 2.75) is 59.5 Å². The summed E-state index contributed by atoms with van der Waals surface area (Å²) in [6, 6.07) is 5.93. The van der Waals surface area contributed by atoms with Gasteiger partial charge >= 0.3 is 0 Å². The highest BCUT2D eigenvalue weighted by molar-refractivity contribution is 6.39. The van der Waals surface area contributed by atoms with Crippen LogP contribution in [0.4, 0.5) is 11.4 Å². The molecule has 0 radical (unpaired) electrons. The molecular weight excluding hydrogens is 433 g/mol. The van der Waals surface area contributed by atoms with Gasteiger partial charge in [-0.1, -0.05) is 49.2 Å². The summed E-state index contributed by atoms with van der Waals surface area (Å²) in [5.41, 5.74) is 3.21. The van der Waals surface area contributed by atoms with Crippen LogP contribution in [0.2, 0.25) is 10.0 Å². The number of hydrogen-bond acceptors (Lipinski definition) is 5. The van der Waals surface area contributed by atoms with Crippen LogP contribution in [0.3, 0.4) is 0 Å². The van der Waals surface area contributed by atoms with E-state index in [1.54, 1.807) is 12.4 Å². The number of nitrogens with zero attached hydrogens (tertiary/aromatic N) is 2. The zero-order valence-electron chi connectivity index (χ0n) is 18.5. The predicted octanol–water partition coefficient (Wildman–Crippen LogP) is 7.73. The molecule has 1 saturated carbocycles. The van der Waals surface area contributed by atoms with Gasteiger partial charge in [-0.25, -0.2) is 4.98 Å². The molecule has 1 N–H and O–H groups in total. The Morgan fingerprint density at radius 3 is 2.42 bits per heavy atom. The van der Waals surface area contributed by atoms with Gasteiger partial charge < -0.3 is 14.8 Å². The first kappa shape index (κ1) is 23.4. The normalized spacial score (nSPS) is 13.6. The van der Waals surface area contributed by atoms with Gasteiger partial charge in [0.05, 0.1) is 34.1 Å². The van der Waals surface area contributed by atoms with Gasteiger partial charge in [-0.15, -0.1) is 0 Å². The summed E-state index contributed by atoms with van der Waals surface area (Å²) in [6.45, 7) is 8.49. The quantitative estimate of drug-likeness (QED) is 0.406. The average molecular weight is 462 g/mol. The number of halogens is 2. The Bertz CT molecular complexity index is 1020. The lowest BCUT2D eigenvalue weighted by atomic mass is 10.1. The summed E-state index contributed by atoms with van der Waals surface area (Å²) in [5.74, 6) is 1.33. The Morgan fingerprint density at radius 2 is 1.77 bits per heavy atom. The van der Waals surface area contributed by atoms with Gasteiger partial charge in [0, 0.05) is 23.8 Å². The molecule has 1 fully saturated rings. The lowest BCUT2D eigenvalue weighted by molar-refractivity contribution is 0.211. The van der Waals surface area contributed by atoms with Crippen LogP contribution in [0.25, 0.3) is 10.9 Å². The van der Waals surface area contributed by atoms with Crippen LogP contribution in [0.5, 0.6) is 11.6 Å². The van der Waals surface area contributed by atoms with E-state index in [1.807, 2.05) is 39.8 Å². The van der Waals surface area contributed by atoms with Gasteiger partial charge in [-0.3, -0.25) is 4.98 Å². The summed E-state index contributed by atoms with van der Waals surface area (Å²) in [4.78, 5) is 8.77. The van der Waals surface area contributed by atoms with E-state index < -0.39 is 0 Å². The van der Waals surface area contributed by atoms with Crippen LogP contribution in [0.1, 0.15) is 52.0 Å². The molecule has 1 aliphatic rings. The number of aromatic nitrogens is 2. The van der Waals surface area contributed by atoms with Crippen molar-refractivity contribution < 1.29 is 9.47 Å². The van der Waals surface area contributed by atoms with Gasteiger partial charge in [0.15, 0.2) is 0 Å². The Morgan fingerprint density at radius 1 is 1.10 bits per heavy atom. The lowest BCUT2D eigenvalue weighted by Gasteiger charge is -2.19. The highest BCUT2D eigenvalue weighted by Crippen LogP contribution is 2.40. The van der Waals surface area contributed by atoms with Gasteiger partial charge in [0.2, 0.25) is 5.88 Å². The number of hydrogen-bond donors (Lipinski definition) is 1. The fraction of sp³-hybridized carbons (Fsp3) is 0.417. The fourth-order valence-electron chi connectivity index (χ4n) is 3.66. The van der Waals surface area contributed by atoms with Crippen molar-refractivity contribution in [3.8, 4) is 11.6 Å². The molecule has 0 atom stereocenters. The molecule has 4 rings (SSSR count). The number of ether oxygens (including phenoxy) is 2. The summed E-state index contributed by atoms with van der Waals surface area (Å²) in [5, 5.41) is 5.14. The maximum Gasteiger partial charge on any atom is 0.216 e. The van der Waals surface area contributed by atoms with Gasteiger partial charge in [0.25, 0.3) is 0 Å².